The van der Waals surface area contributed by atoms with Crippen LogP contribution in [-0.2, 0) is 17.4 Å². The van der Waals surface area contributed by atoms with Gasteiger partial charge in [-0.1, -0.05) is 28.7 Å². The molecule has 1 aliphatic carbocycles. The molecular weight excluding hydrogens is 449 g/mol. The molecule has 1 atom stereocenters. The van der Waals surface area contributed by atoms with Gasteiger partial charge in [0.05, 0.1) is 5.69 Å². The van der Waals surface area contributed by atoms with Crippen LogP contribution < -0.4 is 15.0 Å². The number of carbonyl (C=O) groups excluding carboxylic acids is 1. The molecule has 34 heavy (non-hydrogen) atoms. The van der Waals surface area contributed by atoms with E-state index in [4.69, 9.17) is 9.72 Å². The van der Waals surface area contributed by atoms with E-state index in [9.17, 15) is 18.0 Å². The maximum atomic E-state index is 12.8. The highest BCUT2D eigenvalue weighted by Crippen LogP contribution is 2.37. The van der Waals surface area contributed by atoms with Crippen molar-refractivity contribution in [3.05, 3.63) is 29.6 Å². The molecule has 11 heteroatoms. The van der Waals surface area contributed by atoms with Gasteiger partial charge in [-0.25, -0.2) is 19.9 Å². The maximum absolute atomic E-state index is 12.8. The number of carbonyl (C=O) groups is 1. The van der Waals surface area contributed by atoms with E-state index >= 15 is 0 Å². The Labute approximate surface area is 198 Å². The number of hydrogen-bond acceptors (Lipinski definition) is 7. The van der Waals surface area contributed by atoms with E-state index < -0.39 is 11.9 Å². The van der Waals surface area contributed by atoms with E-state index in [-0.39, 0.29) is 50.6 Å². The summed E-state index contributed by atoms with van der Waals surface area (Å²) < 4.78 is 44.0. The van der Waals surface area contributed by atoms with E-state index in [2.05, 4.69) is 20.3 Å². The second-order valence-corrected chi connectivity index (χ2v) is 8.73. The molecule has 0 aromatic carbocycles. The first kappa shape index (κ1) is 27.3. The summed E-state index contributed by atoms with van der Waals surface area (Å²) in [7, 11) is 1.86. The first-order valence-electron chi connectivity index (χ1n) is 10.5. The van der Waals surface area contributed by atoms with Crippen molar-refractivity contribution in [1.29, 1.82) is 0 Å². The topological polar surface area (TPSA) is 93.1 Å². The summed E-state index contributed by atoms with van der Waals surface area (Å²) in [4.78, 5) is 30.6. The van der Waals surface area contributed by atoms with E-state index in [0.717, 1.165) is 12.4 Å². The molecule has 3 heterocycles. The Kier molecular flexibility index (Phi) is 8.10. The number of fused-ring (bicyclic) bond motifs is 1. The summed E-state index contributed by atoms with van der Waals surface area (Å²) in [5.41, 5.74) is 0.324. The molecule has 1 amide bonds. The Hall–Kier alpha value is -2.98. The van der Waals surface area contributed by atoms with Crippen LogP contribution in [0.1, 0.15) is 58.8 Å². The molecular formula is C23H33F3N6O2. The number of anilines is 2. The number of aromatic nitrogens is 4. The van der Waals surface area contributed by atoms with Gasteiger partial charge in [0.25, 0.3) is 0 Å². The van der Waals surface area contributed by atoms with E-state index in [1.807, 2.05) is 32.7 Å². The summed E-state index contributed by atoms with van der Waals surface area (Å²) in [6.45, 7) is 5.82. The lowest BCUT2D eigenvalue weighted by Gasteiger charge is -2.37. The van der Waals surface area contributed by atoms with Crippen LogP contribution in [0.3, 0.4) is 0 Å². The predicted molar refractivity (Wildman–Crippen MR) is 124 cm³/mol. The predicted octanol–water partition coefficient (Wildman–Crippen LogP) is 4.68. The summed E-state index contributed by atoms with van der Waals surface area (Å²) in [5.74, 6) is 1.62. The average molecular weight is 483 g/mol. The van der Waals surface area contributed by atoms with Crippen LogP contribution in [0.4, 0.5) is 24.7 Å². The number of likely N-dealkylation sites (N-methyl/N-ethyl adjacent to an activating group) is 1. The number of nitrogens with zero attached hydrogens (tertiary/aromatic N) is 5. The van der Waals surface area contributed by atoms with Gasteiger partial charge in [-0.05, 0) is 31.6 Å². The Morgan fingerprint density at radius 1 is 1.21 bits per heavy atom. The van der Waals surface area contributed by atoms with Gasteiger partial charge in [-0.15, -0.1) is 0 Å². The van der Waals surface area contributed by atoms with Crippen molar-refractivity contribution in [2.75, 3.05) is 17.3 Å². The number of hydrogen-bond donors (Lipinski definition) is 1. The zero-order chi connectivity index (χ0) is 23.2. The SMILES string of the molecule is C.C.Cc1nc(CC2CC(Oc3cc(C(F)(F)F)ncn3)C2)nc2c1NC(=O)[C@H](C(C)C)N2C. The second-order valence-electron chi connectivity index (χ2n) is 8.73. The summed E-state index contributed by atoms with van der Waals surface area (Å²) in [6.07, 6.45) is -1.91. The van der Waals surface area contributed by atoms with Crippen LogP contribution >= 0.6 is 0 Å². The molecule has 4 rings (SSSR count). The number of halogens is 3. The third kappa shape index (κ3) is 5.39. The van der Waals surface area contributed by atoms with Gasteiger partial charge in [-0.3, -0.25) is 4.79 Å². The van der Waals surface area contributed by atoms with Crippen molar-refractivity contribution in [2.24, 2.45) is 11.8 Å². The third-order valence-corrected chi connectivity index (χ3v) is 5.90. The number of alkyl halides is 3. The average Bonchev–Trinajstić information content (AvgIpc) is 2.66. The van der Waals surface area contributed by atoms with Gasteiger partial charge < -0.3 is 15.0 Å². The minimum absolute atomic E-state index is 0. The Bertz CT molecular complexity index is 1020. The van der Waals surface area contributed by atoms with Crippen molar-refractivity contribution < 1.29 is 22.7 Å². The molecule has 1 saturated carbocycles. The molecule has 2 aliphatic rings. The number of rotatable bonds is 5. The molecule has 0 saturated heterocycles. The normalized spacial score (nSPS) is 21.6. The Morgan fingerprint density at radius 3 is 2.50 bits per heavy atom. The summed E-state index contributed by atoms with van der Waals surface area (Å²) in [6, 6.07) is 0.513. The van der Waals surface area contributed by atoms with Gasteiger partial charge in [0, 0.05) is 19.5 Å². The summed E-state index contributed by atoms with van der Waals surface area (Å²) in [5, 5.41) is 2.93. The molecule has 0 bridgehead atoms. The van der Waals surface area contributed by atoms with Crippen molar-refractivity contribution in [2.45, 2.75) is 73.2 Å². The lowest BCUT2D eigenvalue weighted by atomic mass is 9.80. The minimum Gasteiger partial charge on any atom is -0.474 e. The molecule has 8 nitrogen and oxygen atoms in total. The maximum Gasteiger partial charge on any atom is 0.433 e. The second kappa shape index (κ2) is 10.1. The first-order chi connectivity index (χ1) is 15.0. The minimum atomic E-state index is -4.54. The highest BCUT2D eigenvalue weighted by molar-refractivity contribution is 6.03. The van der Waals surface area contributed by atoms with Crippen molar-refractivity contribution in [1.82, 2.24) is 19.9 Å². The lowest BCUT2D eigenvalue weighted by molar-refractivity contribution is -0.141. The van der Waals surface area contributed by atoms with Crippen LogP contribution in [-0.4, -0.2) is 45.0 Å². The van der Waals surface area contributed by atoms with Crippen LogP contribution in [0.15, 0.2) is 12.4 Å². The van der Waals surface area contributed by atoms with Crippen molar-refractivity contribution in [3.63, 3.8) is 0 Å². The van der Waals surface area contributed by atoms with Gasteiger partial charge >= 0.3 is 6.18 Å². The third-order valence-electron chi connectivity index (χ3n) is 5.90. The van der Waals surface area contributed by atoms with E-state index in [1.54, 1.807) is 0 Å². The highest BCUT2D eigenvalue weighted by atomic mass is 19.4. The van der Waals surface area contributed by atoms with Crippen molar-refractivity contribution >= 4 is 17.4 Å². The smallest absolute Gasteiger partial charge is 0.433 e. The molecule has 188 valence electrons. The molecule has 0 unspecified atom stereocenters. The summed E-state index contributed by atoms with van der Waals surface area (Å²) >= 11 is 0. The largest absolute Gasteiger partial charge is 0.474 e. The Balaban J connectivity index is 0.00000204. The number of amides is 1. The molecule has 2 aromatic heterocycles. The fraction of sp³-hybridized carbons (Fsp3) is 0.609. The van der Waals surface area contributed by atoms with Gasteiger partial charge in [0.15, 0.2) is 11.5 Å². The van der Waals surface area contributed by atoms with Gasteiger partial charge in [0.2, 0.25) is 11.8 Å². The zero-order valence-electron chi connectivity index (χ0n) is 18.3. The van der Waals surface area contributed by atoms with Gasteiger partial charge in [0.1, 0.15) is 30.0 Å². The van der Waals surface area contributed by atoms with Gasteiger partial charge in [-0.2, -0.15) is 13.2 Å². The quantitative estimate of drug-likeness (QED) is 0.661. The van der Waals surface area contributed by atoms with Crippen molar-refractivity contribution in [3.8, 4) is 5.88 Å². The zero-order valence-corrected chi connectivity index (χ0v) is 18.3. The molecule has 2 aromatic rings. The van der Waals surface area contributed by atoms with Crippen LogP contribution in [0, 0.1) is 18.8 Å². The molecule has 0 spiro atoms. The standard InChI is InChI=1S/C21H25F3N6O2.2CH4/c1-10(2)18-20(31)29-17-11(3)27-15(28-19(17)30(18)4)7-12-5-13(6-12)32-16-8-14(21(22,23)24)25-9-26-16;;/h8-10,12-13,18H,5-7H2,1-4H3,(H,29,31);2*1H4/t12?,13?,18-;;/m0../s1. The molecule has 1 fully saturated rings. The lowest BCUT2D eigenvalue weighted by Crippen LogP contribution is -2.50. The number of ether oxygens (including phenoxy) is 1. The molecule has 0 radical (unpaired) electrons. The van der Waals surface area contributed by atoms with Crippen LogP contribution in [0.25, 0.3) is 0 Å². The molecule has 1 N–H and O–H groups in total. The number of nitrogens with one attached hydrogen (secondary N) is 1. The van der Waals surface area contributed by atoms with E-state index in [0.29, 0.717) is 42.3 Å². The fourth-order valence-corrected chi connectivity index (χ4v) is 4.29. The monoisotopic (exact) mass is 482 g/mol. The number of aryl methyl sites for hydroxylation is 1. The highest BCUT2D eigenvalue weighted by Gasteiger charge is 2.37. The van der Waals surface area contributed by atoms with E-state index in [1.165, 1.54) is 0 Å². The first-order valence-corrected chi connectivity index (χ1v) is 10.5. The Morgan fingerprint density at radius 2 is 1.88 bits per heavy atom. The van der Waals surface area contributed by atoms with Crippen LogP contribution in [0.2, 0.25) is 0 Å². The molecule has 1 aliphatic heterocycles. The fourth-order valence-electron chi connectivity index (χ4n) is 4.29. The van der Waals surface area contributed by atoms with Crippen LogP contribution in [0.5, 0.6) is 5.88 Å².